The van der Waals surface area contributed by atoms with Gasteiger partial charge in [-0.25, -0.2) is 5.43 Å². The third-order valence-electron chi connectivity index (χ3n) is 5.39. The number of carbonyl (C=O) groups is 1. The lowest BCUT2D eigenvalue weighted by atomic mass is 10.0. The van der Waals surface area contributed by atoms with Gasteiger partial charge in [-0.05, 0) is 44.7 Å². The predicted molar refractivity (Wildman–Crippen MR) is 98.1 cm³/mol. The van der Waals surface area contributed by atoms with Crippen molar-refractivity contribution in [2.45, 2.75) is 64.1 Å². The molecule has 2 unspecified atom stereocenters. The fourth-order valence-electron chi connectivity index (χ4n) is 3.78. The van der Waals surface area contributed by atoms with E-state index >= 15 is 0 Å². The topological polar surface area (TPSA) is 73.4 Å². The minimum absolute atomic E-state index is 0.0752. The molecule has 0 aliphatic carbocycles. The molecule has 2 atom stereocenters. The molecular weight excluding hydrogens is 316 g/mol. The standard InChI is InChI=1S/C18H30N6O/c1-4-5-14-12-16(21-20-14)18(25)24-10-8-15(9-11-24)23(3)17-7-6-13(2)19-22-17/h6-7,14-16,20-21H,4-5,8-12H2,1-3H3. The molecule has 2 N–H and O–H groups in total. The van der Waals surface area contributed by atoms with Gasteiger partial charge in [0.15, 0.2) is 5.82 Å². The first-order chi connectivity index (χ1) is 12.1. The highest BCUT2D eigenvalue weighted by Gasteiger charge is 2.34. The Morgan fingerprint density at radius 3 is 2.68 bits per heavy atom. The van der Waals surface area contributed by atoms with Gasteiger partial charge in [0.1, 0.15) is 6.04 Å². The molecule has 2 aliphatic heterocycles. The number of amides is 1. The number of anilines is 1. The summed E-state index contributed by atoms with van der Waals surface area (Å²) in [7, 11) is 2.07. The summed E-state index contributed by atoms with van der Waals surface area (Å²) in [5.74, 6) is 1.14. The first kappa shape index (κ1) is 18.1. The lowest BCUT2D eigenvalue weighted by Crippen LogP contribution is -2.51. The van der Waals surface area contributed by atoms with Gasteiger partial charge in [0.2, 0.25) is 5.91 Å². The van der Waals surface area contributed by atoms with Gasteiger partial charge in [0, 0.05) is 32.2 Å². The minimum Gasteiger partial charge on any atom is -0.355 e. The van der Waals surface area contributed by atoms with Gasteiger partial charge >= 0.3 is 0 Å². The van der Waals surface area contributed by atoms with Crippen LogP contribution in [0.3, 0.4) is 0 Å². The van der Waals surface area contributed by atoms with Crippen LogP contribution >= 0.6 is 0 Å². The van der Waals surface area contributed by atoms with E-state index in [4.69, 9.17) is 0 Å². The van der Waals surface area contributed by atoms with Crippen molar-refractivity contribution in [3.8, 4) is 0 Å². The second kappa shape index (κ2) is 8.10. The molecule has 7 nitrogen and oxygen atoms in total. The van der Waals surface area contributed by atoms with E-state index in [1.807, 2.05) is 24.0 Å². The number of likely N-dealkylation sites (tertiary alicyclic amines) is 1. The normalized spacial score (nSPS) is 24.5. The summed E-state index contributed by atoms with van der Waals surface area (Å²) >= 11 is 0. The molecule has 0 bridgehead atoms. The minimum atomic E-state index is -0.0752. The number of hydrogen-bond donors (Lipinski definition) is 2. The number of carbonyl (C=O) groups excluding carboxylic acids is 1. The molecule has 1 aromatic rings. The highest BCUT2D eigenvalue weighted by Crippen LogP contribution is 2.21. The number of aryl methyl sites for hydroxylation is 1. The smallest absolute Gasteiger partial charge is 0.241 e. The first-order valence-corrected chi connectivity index (χ1v) is 9.41. The summed E-state index contributed by atoms with van der Waals surface area (Å²) in [6.07, 6.45) is 5.08. The predicted octanol–water partition coefficient (Wildman–Crippen LogP) is 1.25. The Bertz CT molecular complexity index is 569. The van der Waals surface area contributed by atoms with E-state index in [9.17, 15) is 4.79 Å². The Balaban J connectivity index is 1.50. The van der Waals surface area contributed by atoms with Gasteiger partial charge in [-0.2, -0.15) is 5.10 Å². The molecule has 2 aliphatic rings. The summed E-state index contributed by atoms with van der Waals surface area (Å²) < 4.78 is 0. The van der Waals surface area contributed by atoms with E-state index < -0.39 is 0 Å². The lowest BCUT2D eigenvalue weighted by Gasteiger charge is -2.37. The number of aromatic nitrogens is 2. The van der Waals surface area contributed by atoms with Crippen molar-refractivity contribution >= 4 is 11.7 Å². The van der Waals surface area contributed by atoms with E-state index in [1.165, 1.54) is 0 Å². The van der Waals surface area contributed by atoms with E-state index in [2.05, 4.69) is 39.9 Å². The van der Waals surface area contributed by atoms with Crippen molar-refractivity contribution in [2.24, 2.45) is 0 Å². The zero-order valence-corrected chi connectivity index (χ0v) is 15.5. The fourth-order valence-corrected chi connectivity index (χ4v) is 3.78. The largest absolute Gasteiger partial charge is 0.355 e. The monoisotopic (exact) mass is 346 g/mol. The SMILES string of the molecule is CCCC1CC(C(=O)N2CCC(N(C)c3ccc(C)nn3)CC2)NN1. The molecule has 3 rings (SSSR count). The van der Waals surface area contributed by atoms with Crippen LogP contribution in [0.15, 0.2) is 12.1 Å². The Labute approximate surface area is 150 Å². The number of nitrogens with zero attached hydrogens (tertiary/aromatic N) is 4. The van der Waals surface area contributed by atoms with Crippen LogP contribution < -0.4 is 15.8 Å². The lowest BCUT2D eigenvalue weighted by molar-refractivity contribution is -0.134. The van der Waals surface area contributed by atoms with Gasteiger partial charge in [-0.3, -0.25) is 10.2 Å². The van der Waals surface area contributed by atoms with Crippen molar-refractivity contribution in [3.63, 3.8) is 0 Å². The fraction of sp³-hybridized carbons (Fsp3) is 0.722. The molecular formula is C18H30N6O. The molecule has 2 saturated heterocycles. The van der Waals surface area contributed by atoms with E-state index in [1.54, 1.807) is 0 Å². The van der Waals surface area contributed by atoms with Crippen molar-refractivity contribution in [3.05, 3.63) is 17.8 Å². The molecule has 0 saturated carbocycles. The number of hydrazine groups is 1. The molecule has 0 radical (unpaired) electrons. The molecule has 1 amide bonds. The van der Waals surface area contributed by atoms with Crippen LogP contribution in [0.1, 0.15) is 44.7 Å². The third kappa shape index (κ3) is 4.27. The average Bonchev–Trinajstić information content (AvgIpc) is 3.10. The van der Waals surface area contributed by atoms with Crippen molar-refractivity contribution in [1.82, 2.24) is 25.9 Å². The zero-order valence-electron chi connectivity index (χ0n) is 15.5. The van der Waals surface area contributed by atoms with Crippen molar-refractivity contribution in [1.29, 1.82) is 0 Å². The number of hydrogen-bond acceptors (Lipinski definition) is 6. The van der Waals surface area contributed by atoms with Crippen LogP contribution in [-0.2, 0) is 4.79 Å². The van der Waals surface area contributed by atoms with Gasteiger partial charge in [-0.1, -0.05) is 13.3 Å². The summed E-state index contributed by atoms with van der Waals surface area (Å²) in [6, 6.07) is 4.75. The Morgan fingerprint density at radius 2 is 2.04 bits per heavy atom. The number of piperidine rings is 1. The maximum atomic E-state index is 12.7. The second-order valence-electron chi connectivity index (χ2n) is 7.26. The van der Waals surface area contributed by atoms with Crippen LogP contribution in [0, 0.1) is 6.92 Å². The number of rotatable bonds is 5. The van der Waals surface area contributed by atoms with Crippen LogP contribution in [-0.4, -0.2) is 59.3 Å². The van der Waals surface area contributed by atoms with Gasteiger partial charge in [-0.15, -0.1) is 5.10 Å². The quantitative estimate of drug-likeness (QED) is 0.836. The van der Waals surface area contributed by atoms with Gasteiger partial charge in [0.05, 0.1) is 5.69 Å². The van der Waals surface area contributed by atoms with E-state index in [0.29, 0.717) is 12.1 Å². The highest BCUT2D eigenvalue weighted by atomic mass is 16.2. The summed E-state index contributed by atoms with van der Waals surface area (Å²) in [5, 5.41) is 8.41. The molecule has 138 valence electrons. The van der Waals surface area contributed by atoms with Crippen LogP contribution in [0.2, 0.25) is 0 Å². The maximum Gasteiger partial charge on any atom is 0.241 e. The molecule has 7 heteroatoms. The number of nitrogens with one attached hydrogen (secondary N) is 2. The van der Waals surface area contributed by atoms with Crippen molar-refractivity contribution in [2.75, 3.05) is 25.0 Å². The summed E-state index contributed by atoms with van der Waals surface area (Å²) in [5.41, 5.74) is 7.37. The Morgan fingerprint density at radius 1 is 1.28 bits per heavy atom. The van der Waals surface area contributed by atoms with E-state index in [-0.39, 0.29) is 11.9 Å². The Kier molecular flexibility index (Phi) is 5.86. The average molecular weight is 346 g/mol. The second-order valence-corrected chi connectivity index (χ2v) is 7.26. The van der Waals surface area contributed by atoms with Crippen LogP contribution in [0.25, 0.3) is 0 Å². The highest BCUT2D eigenvalue weighted by molar-refractivity contribution is 5.82. The third-order valence-corrected chi connectivity index (χ3v) is 5.39. The molecule has 2 fully saturated rings. The van der Waals surface area contributed by atoms with Crippen molar-refractivity contribution < 1.29 is 4.79 Å². The maximum absolute atomic E-state index is 12.7. The molecule has 3 heterocycles. The van der Waals surface area contributed by atoms with Crippen LogP contribution in [0.4, 0.5) is 5.82 Å². The first-order valence-electron chi connectivity index (χ1n) is 9.41. The molecule has 25 heavy (non-hydrogen) atoms. The summed E-state index contributed by atoms with van der Waals surface area (Å²) in [6.45, 7) is 5.74. The van der Waals surface area contributed by atoms with E-state index in [0.717, 1.165) is 56.7 Å². The Hall–Kier alpha value is -1.73. The summed E-state index contributed by atoms with van der Waals surface area (Å²) in [4.78, 5) is 16.9. The molecule has 0 aromatic carbocycles. The molecule has 1 aromatic heterocycles. The van der Waals surface area contributed by atoms with Gasteiger partial charge < -0.3 is 9.80 Å². The van der Waals surface area contributed by atoms with Crippen LogP contribution in [0.5, 0.6) is 0 Å². The van der Waals surface area contributed by atoms with Gasteiger partial charge in [0.25, 0.3) is 0 Å². The molecule has 0 spiro atoms. The zero-order chi connectivity index (χ0) is 17.8.